The number of anilines is 1. The number of hydrogen-bond acceptors (Lipinski definition) is 6. The molecule has 10 nitrogen and oxygen atoms in total. The molecule has 1 atom stereocenters. The molecule has 1 aromatic carbocycles. The quantitative estimate of drug-likeness (QED) is 0.426. The van der Waals surface area contributed by atoms with Crippen molar-refractivity contribution in [1.29, 1.82) is 0 Å². The zero-order chi connectivity index (χ0) is 21.7. The van der Waals surface area contributed by atoms with Gasteiger partial charge in [-0.05, 0) is 36.0 Å². The van der Waals surface area contributed by atoms with E-state index >= 15 is 0 Å². The van der Waals surface area contributed by atoms with E-state index in [1.54, 1.807) is 24.7 Å². The lowest BCUT2D eigenvalue weighted by molar-refractivity contribution is -0.389. The van der Waals surface area contributed by atoms with E-state index in [0.717, 1.165) is 12.2 Å². The molecule has 0 bridgehead atoms. The molecule has 0 spiro atoms. The molecule has 0 radical (unpaired) electrons. The van der Waals surface area contributed by atoms with Gasteiger partial charge in [-0.2, -0.15) is 9.78 Å². The van der Waals surface area contributed by atoms with Crippen LogP contribution in [0.15, 0.2) is 42.7 Å². The standard InChI is InChI=1S/C20H24N6O4/c1-4-16-5-7-18(8-6-16)30-13-24-12-17(10-21-24)22-20(27)14(2)11-25-15(3)9-19(23-25)26(28)29/h5-10,12,14H,4,11,13H2,1-3H3,(H,22,27). The summed E-state index contributed by atoms with van der Waals surface area (Å²) < 4.78 is 8.73. The van der Waals surface area contributed by atoms with E-state index in [4.69, 9.17) is 4.74 Å². The van der Waals surface area contributed by atoms with Crippen LogP contribution < -0.4 is 10.1 Å². The first-order chi connectivity index (χ1) is 14.4. The van der Waals surface area contributed by atoms with Crippen LogP contribution in [0, 0.1) is 23.0 Å². The summed E-state index contributed by atoms with van der Waals surface area (Å²) in [6.07, 6.45) is 4.19. The van der Waals surface area contributed by atoms with Crippen LogP contribution in [0.3, 0.4) is 0 Å². The molecule has 1 amide bonds. The van der Waals surface area contributed by atoms with Crippen LogP contribution in [0.5, 0.6) is 5.75 Å². The number of amides is 1. The zero-order valence-electron chi connectivity index (χ0n) is 17.1. The molecule has 0 fully saturated rings. The Morgan fingerprint density at radius 3 is 2.70 bits per heavy atom. The predicted molar refractivity (Wildman–Crippen MR) is 110 cm³/mol. The molecule has 3 rings (SSSR count). The summed E-state index contributed by atoms with van der Waals surface area (Å²) in [6.45, 7) is 5.99. The van der Waals surface area contributed by atoms with Gasteiger partial charge in [-0.25, -0.2) is 4.68 Å². The van der Waals surface area contributed by atoms with E-state index in [0.29, 0.717) is 11.4 Å². The van der Waals surface area contributed by atoms with Crippen molar-refractivity contribution >= 4 is 17.4 Å². The molecule has 30 heavy (non-hydrogen) atoms. The smallest absolute Gasteiger partial charge is 0.390 e. The molecule has 3 aromatic rings. The number of aromatic nitrogens is 4. The molecule has 1 N–H and O–H groups in total. The molecular formula is C20H24N6O4. The molecule has 2 aromatic heterocycles. The fourth-order valence-corrected chi connectivity index (χ4v) is 2.84. The van der Waals surface area contributed by atoms with Crippen molar-refractivity contribution in [3.05, 3.63) is 64.1 Å². The first-order valence-electron chi connectivity index (χ1n) is 9.59. The van der Waals surface area contributed by atoms with E-state index in [-0.39, 0.29) is 25.0 Å². The van der Waals surface area contributed by atoms with Gasteiger partial charge in [-0.1, -0.05) is 26.0 Å². The third kappa shape index (κ3) is 5.22. The highest BCUT2D eigenvalue weighted by Gasteiger charge is 2.21. The van der Waals surface area contributed by atoms with Crippen LogP contribution in [0.2, 0.25) is 0 Å². The van der Waals surface area contributed by atoms with Crippen molar-refractivity contribution < 1.29 is 14.5 Å². The number of nitro groups is 1. The molecule has 2 heterocycles. The van der Waals surface area contributed by atoms with E-state index in [1.165, 1.54) is 22.5 Å². The van der Waals surface area contributed by atoms with Gasteiger partial charge in [0.15, 0.2) is 6.73 Å². The Hall–Kier alpha value is -3.69. The summed E-state index contributed by atoms with van der Waals surface area (Å²) in [5.41, 5.74) is 2.40. The van der Waals surface area contributed by atoms with Gasteiger partial charge < -0.3 is 20.2 Å². The number of aryl methyl sites for hydroxylation is 2. The van der Waals surface area contributed by atoms with Crippen molar-refractivity contribution in [2.45, 2.75) is 40.5 Å². The second-order valence-electron chi connectivity index (χ2n) is 7.01. The Bertz CT molecular complexity index is 1020. The monoisotopic (exact) mass is 412 g/mol. The summed E-state index contributed by atoms with van der Waals surface area (Å²) in [7, 11) is 0. The molecule has 1 unspecified atom stereocenters. The van der Waals surface area contributed by atoms with Crippen molar-refractivity contribution in [3.63, 3.8) is 0 Å². The van der Waals surface area contributed by atoms with Crippen LogP contribution in [0.1, 0.15) is 25.1 Å². The predicted octanol–water partition coefficient (Wildman–Crippen LogP) is 3.17. The zero-order valence-corrected chi connectivity index (χ0v) is 17.1. The van der Waals surface area contributed by atoms with E-state index < -0.39 is 10.8 Å². The number of carbonyl (C=O) groups excluding carboxylic acids is 1. The fourth-order valence-electron chi connectivity index (χ4n) is 2.84. The third-order valence-electron chi connectivity index (χ3n) is 4.65. The van der Waals surface area contributed by atoms with Crippen LogP contribution in [0.4, 0.5) is 11.5 Å². The van der Waals surface area contributed by atoms with Gasteiger partial charge in [-0.3, -0.25) is 4.79 Å². The van der Waals surface area contributed by atoms with Gasteiger partial charge in [0.1, 0.15) is 5.75 Å². The Balaban J connectivity index is 1.52. The van der Waals surface area contributed by atoms with Gasteiger partial charge in [-0.15, -0.1) is 0 Å². The van der Waals surface area contributed by atoms with Gasteiger partial charge >= 0.3 is 5.82 Å². The average Bonchev–Trinajstić information content (AvgIpc) is 3.33. The van der Waals surface area contributed by atoms with Crippen LogP contribution in [-0.2, 0) is 24.5 Å². The van der Waals surface area contributed by atoms with Gasteiger partial charge in [0, 0.05) is 0 Å². The largest absolute Gasteiger partial charge is 0.471 e. The maximum Gasteiger partial charge on any atom is 0.390 e. The Morgan fingerprint density at radius 1 is 1.33 bits per heavy atom. The first-order valence-corrected chi connectivity index (χ1v) is 9.59. The van der Waals surface area contributed by atoms with E-state index in [9.17, 15) is 14.9 Å². The maximum atomic E-state index is 12.5. The summed E-state index contributed by atoms with van der Waals surface area (Å²) >= 11 is 0. The van der Waals surface area contributed by atoms with Gasteiger partial charge in [0.25, 0.3) is 0 Å². The molecule has 10 heteroatoms. The molecule has 0 aliphatic carbocycles. The van der Waals surface area contributed by atoms with Gasteiger partial charge in [0.2, 0.25) is 5.91 Å². The van der Waals surface area contributed by atoms with Crippen LogP contribution in [-0.4, -0.2) is 30.4 Å². The number of hydrogen-bond donors (Lipinski definition) is 1. The minimum atomic E-state index is -0.553. The summed E-state index contributed by atoms with van der Waals surface area (Å²) in [6, 6.07) is 9.23. The molecular weight excluding hydrogens is 388 g/mol. The minimum absolute atomic E-state index is 0.215. The second-order valence-corrected chi connectivity index (χ2v) is 7.01. The second kappa shape index (κ2) is 9.21. The van der Waals surface area contributed by atoms with Gasteiger partial charge in [0.05, 0.1) is 47.4 Å². The van der Waals surface area contributed by atoms with Crippen molar-refractivity contribution in [2.75, 3.05) is 5.32 Å². The van der Waals surface area contributed by atoms with Crippen molar-refractivity contribution in [1.82, 2.24) is 19.6 Å². The molecule has 0 saturated carbocycles. The van der Waals surface area contributed by atoms with Crippen LogP contribution in [0.25, 0.3) is 0 Å². The maximum absolute atomic E-state index is 12.5. The summed E-state index contributed by atoms with van der Waals surface area (Å²) in [4.78, 5) is 22.7. The number of carbonyl (C=O) groups is 1. The molecule has 0 saturated heterocycles. The molecule has 0 aliphatic heterocycles. The fraction of sp³-hybridized carbons (Fsp3) is 0.350. The number of benzene rings is 1. The van der Waals surface area contributed by atoms with Crippen LogP contribution >= 0.6 is 0 Å². The van der Waals surface area contributed by atoms with Crippen molar-refractivity contribution in [3.8, 4) is 5.75 Å². The van der Waals surface area contributed by atoms with E-state index in [1.807, 2.05) is 24.3 Å². The summed E-state index contributed by atoms with van der Waals surface area (Å²) in [5, 5.41) is 21.7. The Labute approximate surface area is 173 Å². The minimum Gasteiger partial charge on any atom is -0.471 e. The summed E-state index contributed by atoms with van der Waals surface area (Å²) in [5.74, 6) is -0.167. The first kappa shape index (κ1) is 21.0. The topological polar surface area (TPSA) is 117 Å². The lowest BCUT2D eigenvalue weighted by Crippen LogP contribution is -2.25. The Morgan fingerprint density at radius 2 is 2.07 bits per heavy atom. The highest BCUT2D eigenvalue weighted by molar-refractivity contribution is 5.91. The molecule has 0 aliphatic rings. The lowest BCUT2D eigenvalue weighted by Gasteiger charge is -2.10. The number of nitrogens with zero attached hydrogens (tertiary/aromatic N) is 5. The Kier molecular flexibility index (Phi) is 6.45. The SMILES string of the molecule is CCc1ccc(OCn2cc(NC(=O)C(C)Cn3nc([N+](=O)[O-])cc3C)cn2)cc1. The highest BCUT2D eigenvalue weighted by Crippen LogP contribution is 2.16. The highest BCUT2D eigenvalue weighted by atomic mass is 16.6. The van der Waals surface area contributed by atoms with E-state index in [2.05, 4.69) is 22.4 Å². The number of rotatable bonds is 9. The number of ether oxygens (including phenoxy) is 1. The average molecular weight is 412 g/mol. The molecule has 158 valence electrons. The lowest BCUT2D eigenvalue weighted by atomic mass is 10.1. The third-order valence-corrected chi connectivity index (χ3v) is 4.65. The normalized spacial score (nSPS) is 11.8. The number of nitrogens with one attached hydrogen (secondary N) is 1. The van der Waals surface area contributed by atoms with Crippen molar-refractivity contribution in [2.24, 2.45) is 5.92 Å².